The summed E-state index contributed by atoms with van der Waals surface area (Å²) in [6.07, 6.45) is 5.82. The van der Waals surface area contributed by atoms with Crippen molar-refractivity contribution in [3.8, 4) is 0 Å². The zero-order chi connectivity index (χ0) is 12.9. The molecule has 0 spiro atoms. The number of carbonyl (C=O) groups is 1. The average molecular weight is 241 g/mol. The quantitative estimate of drug-likeness (QED) is 0.241. The van der Waals surface area contributed by atoms with Crippen molar-refractivity contribution in [2.45, 2.75) is 57.5 Å². The van der Waals surface area contributed by atoms with Gasteiger partial charge in [-0.2, -0.15) is 0 Å². The average Bonchev–Trinajstić information content (AvgIpc) is 2.29. The minimum atomic E-state index is -0.861. The zero-order valence-corrected chi connectivity index (χ0v) is 10.6. The lowest BCUT2D eigenvalue weighted by Crippen LogP contribution is -2.57. The second kappa shape index (κ2) is 5.86. The van der Waals surface area contributed by atoms with Crippen LogP contribution in [0.4, 0.5) is 0 Å². The van der Waals surface area contributed by atoms with Crippen molar-refractivity contribution >= 4 is 11.9 Å². The van der Waals surface area contributed by atoms with Crippen LogP contribution in [0.3, 0.4) is 0 Å². The topological polar surface area (TPSA) is 106 Å². The normalized spacial score (nSPS) is 18.9. The van der Waals surface area contributed by atoms with Crippen molar-refractivity contribution in [3.05, 3.63) is 0 Å². The lowest BCUT2D eigenvalue weighted by molar-refractivity contribution is -0.122. The van der Waals surface area contributed by atoms with Crippen molar-refractivity contribution in [1.82, 2.24) is 10.7 Å². The van der Waals surface area contributed by atoms with Gasteiger partial charge in [0.1, 0.15) is 5.54 Å². The number of carbonyl (C=O) groups excluding carboxylic acids is 1. The van der Waals surface area contributed by atoms with Crippen LogP contribution >= 0.6 is 0 Å². The van der Waals surface area contributed by atoms with Gasteiger partial charge < -0.3 is 11.1 Å². The van der Waals surface area contributed by atoms with Crippen LogP contribution in [0.2, 0.25) is 0 Å². The van der Waals surface area contributed by atoms with E-state index in [1.54, 1.807) is 13.8 Å². The number of nitrogens with two attached hydrogens (primary N) is 2. The van der Waals surface area contributed by atoms with E-state index < -0.39 is 11.4 Å². The largest absolute Gasteiger partial charge is 0.368 e. The van der Waals surface area contributed by atoms with Crippen LogP contribution in [0.15, 0.2) is 4.99 Å². The lowest BCUT2D eigenvalue weighted by Gasteiger charge is -2.26. The maximum absolute atomic E-state index is 11.2. The number of hydrazine groups is 1. The van der Waals surface area contributed by atoms with E-state index in [-0.39, 0.29) is 6.04 Å². The summed E-state index contributed by atoms with van der Waals surface area (Å²) in [6.45, 7) is 3.39. The molecule has 0 radical (unpaired) electrons. The first-order valence-electron chi connectivity index (χ1n) is 6.08. The Kier molecular flexibility index (Phi) is 4.74. The summed E-state index contributed by atoms with van der Waals surface area (Å²) in [7, 11) is 0. The molecule has 1 fully saturated rings. The van der Waals surface area contributed by atoms with Crippen molar-refractivity contribution in [2.75, 3.05) is 0 Å². The molecule has 0 aromatic rings. The van der Waals surface area contributed by atoms with Gasteiger partial charge >= 0.3 is 0 Å². The summed E-state index contributed by atoms with van der Waals surface area (Å²) >= 11 is 0. The van der Waals surface area contributed by atoms with Gasteiger partial charge in [-0.25, -0.2) is 10.8 Å². The molecule has 0 bridgehead atoms. The number of hydrogen-bond acceptors (Lipinski definition) is 3. The molecule has 1 saturated carbocycles. The smallest absolute Gasteiger partial charge is 0.242 e. The Morgan fingerprint density at radius 3 is 2.35 bits per heavy atom. The minimum absolute atomic E-state index is 0.283. The fraction of sp³-hybridized carbons (Fsp3) is 0.818. The fourth-order valence-corrected chi connectivity index (χ4v) is 1.86. The maximum atomic E-state index is 11.2. The minimum Gasteiger partial charge on any atom is -0.368 e. The van der Waals surface area contributed by atoms with Crippen molar-refractivity contribution < 1.29 is 4.79 Å². The van der Waals surface area contributed by atoms with Gasteiger partial charge in [0.15, 0.2) is 0 Å². The molecule has 98 valence electrons. The highest BCUT2D eigenvalue weighted by molar-refractivity contribution is 5.90. The van der Waals surface area contributed by atoms with E-state index >= 15 is 0 Å². The summed E-state index contributed by atoms with van der Waals surface area (Å²) in [5.74, 6) is 5.39. The first-order valence-corrected chi connectivity index (χ1v) is 6.08. The molecule has 0 heterocycles. The second-order valence-electron chi connectivity index (χ2n) is 5.03. The second-order valence-corrected chi connectivity index (χ2v) is 5.03. The van der Waals surface area contributed by atoms with Gasteiger partial charge in [0, 0.05) is 0 Å². The summed E-state index contributed by atoms with van der Waals surface area (Å²) < 4.78 is 0. The molecule has 0 saturated heterocycles. The van der Waals surface area contributed by atoms with Crippen molar-refractivity contribution in [1.29, 1.82) is 0 Å². The molecule has 6 N–H and O–H groups in total. The molecular formula is C11H23N5O. The molecule has 0 aromatic carbocycles. The molecular weight excluding hydrogens is 218 g/mol. The summed E-state index contributed by atoms with van der Waals surface area (Å²) in [5, 5.41) is 2.93. The SMILES string of the molecule is CC(C)(NC(=NC1CCCCC1)NN)C(N)=O. The van der Waals surface area contributed by atoms with Crippen LogP contribution in [0.25, 0.3) is 0 Å². The van der Waals surface area contributed by atoms with Crippen LogP contribution in [-0.2, 0) is 4.79 Å². The van der Waals surface area contributed by atoms with E-state index in [2.05, 4.69) is 15.7 Å². The Balaban J connectivity index is 2.63. The van der Waals surface area contributed by atoms with E-state index in [0.29, 0.717) is 5.96 Å². The molecule has 1 amide bonds. The zero-order valence-electron chi connectivity index (χ0n) is 10.6. The van der Waals surface area contributed by atoms with Crippen LogP contribution in [-0.4, -0.2) is 23.4 Å². The number of amides is 1. The summed E-state index contributed by atoms with van der Waals surface area (Å²) in [6, 6.07) is 0.283. The number of guanidine groups is 1. The molecule has 1 rings (SSSR count). The molecule has 1 aliphatic carbocycles. The van der Waals surface area contributed by atoms with Crippen LogP contribution < -0.4 is 22.3 Å². The predicted octanol–water partition coefficient (Wildman–Crippen LogP) is -0.00810. The highest BCUT2D eigenvalue weighted by atomic mass is 16.1. The summed E-state index contributed by atoms with van der Waals surface area (Å²) in [4.78, 5) is 15.7. The fourth-order valence-electron chi connectivity index (χ4n) is 1.86. The van der Waals surface area contributed by atoms with Crippen LogP contribution in [0, 0.1) is 0 Å². The number of primary amides is 1. The van der Waals surface area contributed by atoms with E-state index in [0.717, 1.165) is 12.8 Å². The van der Waals surface area contributed by atoms with Crippen LogP contribution in [0.1, 0.15) is 46.0 Å². The van der Waals surface area contributed by atoms with Crippen molar-refractivity contribution in [3.63, 3.8) is 0 Å². The van der Waals surface area contributed by atoms with Gasteiger partial charge in [-0.1, -0.05) is 19.3 Å². The van der Waals surface area contributed by atoms with E-state index in [4.69, 9.17) is 11.6 Å². The Labute approximate surface area is 102 Å². The molecule has 0 atom stereocenters. The molecule has 0 aliphatic heterocycles. The van der Waals surface area contributed by atoms with E-state index in [9.17, 15) is 4.79 Å². The monoisotopic (exact) mass is 241 g/mol. The van der Waals surface area contributed by atoms with E-state index in [1.807, 2.05) is 0 Å². The molecule has 6 nitrogen and oxygen atoms in total. The first kappa shape index (κ1) is 13.8. The number of aliphatic imine (C=N–C) groups is 1. The molecule has 0 unspecified atom stereocenters. The lowest BCUT2D eigenvalue weighted by atomic mass is 9.96. The van der Waals surface area contributed by atoms with Gasteiger partial charge in [-0.3, -0.25) is 10.2 Å². The maximum Gasteiger partial charge on any atom is 0.242 e. The van der Waals surface area contributed by atoms with E-state index in [1.165, 1.54) is 19.3 Å². The van der Waals surface area contributed by atoms with Gasteiger partial charge in [0.05, 0.1) is 6.04 Å². The number of nitrogens with zero attached hydrogens (tertiary/aromatic N) is 1. The number of nitrogens with one attached hydrogen (secondary N) is 2. The van der Waals surface area contributed by atoms with Gasteiger partial charge in [-0.15, -0.1) is 0 Å². The van der Waals surface area contributed by atoms with Gasteiger partial charge in [0.2, 0.25) is 11.9 Å². The molecule has 0 aromatic heterocycles. The number of hydrogen-bond donors (Lipinski definition) is 4. The molecule has 1 aliphatic rings. The Morgan fingerprint density at radius 2 is 1.88 bits per heavy atom. The van der Waals surface area contributed by atoms with Crippen LogP contribution in [0.5, 0.6) is 0 Å². The van der Waals surface area contributed by atoms with Gasteiger partial charge in [-0.05, 0) is 26.7 Å². The van der Waals surface area contributed by atoms with Gasteiger partial charge in [0.25, 0.3) is 0 Å². The Bertz CT molecular complexity index is 294. The summed E-state index contributed by atoms with van der Waals surface area (Å²) in [5.41, 5.74) is 6.91. The Hall–Kier alpha value is -1.30. The third-order valence-electron chi connectivity index (χ3n) is 3.07. The standard InChI is InChI=1S/C11H23N5O/c1-11(2,9(12)17)15-10(16-13)14-8-6-4-3-5-7-8/h8H,3-7,13H2,1-2H3,(H2,12,17)(H2,14,15,16). The third-order valence-corrected chi connectivity index (χ3v) is 3.07. The molecule has 6 heteroatoms. The third kappa shape index (κ3) is 4.22. The highest BCUT2D eigenvalue weighted by Gasteiger charge is 2.26. The molecule has 17 heavy (non-hydrogen) atoms. The highest BCUT2D eigenvalue weighted by Crippen LogP contribution is 2.20. The Morgan fingerprint density at radius 1 is 1.29 bits per heavy atom. The predicted molar refractivity (Wildman–Crippen MR) is 68.0 cm³/mol. The number of rotatable bonds is 3. The van der Waals surface area contributed by atoms with Crippen molar-refractivity contribution in [2.24, 2.45) is 16.6 Å². The first-order chi connectivity index (χ1) is 7.95.